The van der Waals surface area contributed by atoms with Crippen LogP contribution in [0.15, 0.2) is 61.2 Å². The monoisotopic (exact) mass is 250 g/mol. The molecule has 1 N–H and O–H groups in total. The third-order valence-corrected chi connectivity index (χ3v) is 2.96. The van der Waals surface area contributed by atoms with Gasteiger partial charge < -0.3 is 9.55 Å². The van der Waals surface area contributed by atoms with Crippen molar-refractivity contribution in [3.05, 3.63) is 61.2 Å². The molecular formula is C15H14N4. The summed E-state index contributed by atoms with van der Waals surface area (Å²) < 4.78 is 2.01. The van der Waals surface area contributed by atoms with Crippen molar-refractivity contribution in [2.45, 2.75) is 0 Å². The van der Waals surface area contributed by atoms with E-state index in [9.17, 15) is 0 Å². The summed E-state index contributed by atoms with van der Waals surface area (Å²) in [5.74, 6) is 0. The number of para-hydroxylation sites is 4. The zero-order valence-electron chi connectivity index (χ0n) is 10.6. The van der Waals surface area contributed by atoms with E-state index in [0.29, 0.717) is 0 Å². The van der Waals surface area contributed by atoms with Crippen LogP contribution in [0.5, 0.6) is 0 Å². The molecule has 2 heterocycles. The first-order chi connectivity index (χ1) is 9.34. The van der Waals surface area contributed by atoms with Crippen molar-refractivity contribution in [1.82, 2.24) is 19.5 Å². The van der Waals surface area contributed by atoms with E-state index in [0.717, 1.165) is 16.6 Å². The van der Waals surface area contributed by atoms with E-state index >= 15 is 0 Å². The van der Waals surface area contributed by atoms with Gasteiger partial charge in [0.2, 0.25) is 0 Å². The molecule has 0 saturated heterocycles. The molecule has 0 bridgehead atoms. The Morgan fingerprint density at radius 1 is 0.895 bits per heavy atom. The SMILES string of the molecule is Cn1cnc2ccccc21.c1ccc2[nH]cnc2c1. The van der Waals surface area contributed by atoms with Crippen LogP contribution in [0.1, 0.15) is 0 Å². The highest BCUT2D eigenvalue weighted by Crippen LogP contribution is 2.08. The topological polar surface area (TPSA) is 46.5 Å². The molecule has 0 fully saturated rings. The van der Waals surface area contributed by atoms with E-state index in [4.69, 9.17) is 0 Å². The minimum atomic E-state index is 1.03. The van der Waals surface area contributed by atoms with Crippen molar-refractivity contribution in [1.29, 1.82) is 0 Å². The highest BCUT2D eigenvalue weighted by molar-refractivity contribution is 5.74. The molecule has 4 nitrogen and oxygen atoms in total. The molecule has 4 aromatic rings. The van der Waals surface area contributed by atoms with Gasteiger partial charge >= 0.3 is 0 Å². The Morgan fingerprint density at radius 2 is 1.63 bits per heavy atom. The van der Waals surface area contributed by atoms with E-state index in [-0.39, 0.29) is 0 Å². The first kappa shape index (κ1) is 11.5. The number of hydrogen-bond donors (Lipinski definition) is 1. The molecule has 19 heavy (non-hydrogen) atoms. The lowest BCUT2D eigenvalue weighted by Crippen LogP contribution is -1.81. The Bertz CT molecular complexity index is 768. The minimum absolute atomic E-state index is 1.03. The lowest BCUT2D eigenvalue weighted by atomic mass is 10.3. The highest BCUT2D eigenvalue weighted by Gasteiger charge is 1.94. The first-order valence-corrected chi connectivity index (χ1v) is 6.09. The number of hydrogen-bond acceptors (Lipinski definition) is 2. The van der Waals surface area contributed by atoms with Crippen LogP contribution in [0.25, 0.3) is 22.1 Å². The Labute approximate surface area is 110 Å². The number of benzene rings is 2. The van der Waals surface area contributed by atoms with Gasteiger partial charge in [0, 0.05) is 7.05 Å². The second-order valence-corrected chi connectivity index (χ2v) is 4.26. The van der Waals surface area contributed by atoms with Crippen molar-refractivity contribution in [2.24, 2.45) is 7.05 Å². The van der Waals surface area contributed by atoms with Crippen molar-refractivity contribution in [2.75, 3.05) is 0 Å². The fraction of sp³-hybridized carbons (Fsp3) is 0.0667. The molecule has 94 valence electrons. The number of H-pyrrole nitrogens is 1. The Morgan fingerprint density at radius 3 is 2.42 bits per heavy atom. The van der Waals surface area contributed by atoms with Gasteiger partial charge in [-0.2, -0.15) is 0 Å². The number of imidazole rings is 2. The number of aryl methyl sites for hydroxylation is 1. The van der Waals surface area contributed by atoms with Crippen LogP contribution in [0.2, 0.25) is 0 Å². The Hall–Kier alpha value is -2.62. The molecule has 0 unspecified atom stereocenters. The number of rotatable bonds is 0. The quantitative estimate of drug-likeness (QED) is 0.521. The molecule has 0 aliphatic heterocycles. The molecule has 2 aromatic carbocycles. The van der Waals surface area contributed by atoms with Crippen LogP contribution in [0, 0.1) is 0 Å². The van der Waals surface area contributed by atoms with Crippen molar-refractivity contribution in [3.8, 4) is 0 Å². The van der Waals surface area contributed by atoms with E-state index in [1.165, 1.54) is 5.52 Å². The standard InChI is InChI=1S/C8H8N2.C7H6N2/c1-10-6-9-7-4-2-3-5-8(7)10;1-2-4-7-6(3-1)8-5-9-7/h2-6H,1H3;1-5H,(H,8,9). The third-order valence-electron chi connectivity index (χ3n) is 2.96. The molecule has 0 atom stereocenters. The molecule has 0 amide bonds. The molecule has 2 aromatic heterocycles. The summed E-state index contributed by atoms with van der Waals surface area (Å²) in [4.78, 5) is 11.3. The van der Waals surface area contributed by atoms with Gasteiger partial charge in [0.25, 0.3) is 0 Å². The van der Waals surface area contributed by atoms with Crippen LogP contribution >= 0.6 is 0 Å². The summed E-state index contributed by atoms with van der Waals surface area (Å²) in [7, 11) is 2.00. The number of fused-ring (bicyclic) bond motifs is 2. The van der Waals surface area contributed by atoms with Crippen LogP contribution in [0.3, 0.4) is 0 Å². The van der Waals surface area contributed by atoms with Crippen LogP contribution in [-0.2, 0) is 7.05 Å². The second-order valence-electron chi connectivity index (χ2n) is 4.26. The van der Waals surface area contributed by atoms with Gasteiger partial charge in [0.05, 0.1) is 34.7 Å². The summed E-state index contributed by atoms with van der Waals surface area (Å²) in [5.41, 5.74) is 4.36. The number of nitrogens with zero attached hydrogens (tertiary/aromatic N) is 3. The lowest BCUT2D eigenvalue weighted by Gasteiger charge is -1.90. The van der Waals surface area contributed by atoms with Gasteiger partial charge in [0.15, 0.2) is 0 Å². The Kier molecular flexibility index (Phi) is 2.98. The smallest absolute Gasteiger partial charge is 0.0955 e. The number of aromatic amines is 1. The predicted octanol–water partition coefficient (Wildman–Crippen LogP) is 3.14. The third kappa shape index (κ3) is 2.33. The number of aromatic nitrogens is 4. The summed E-state index contributed by atoms with van der Waals surface area (Å²) in [6.45, 7) is 0. The van der Waals surface area contributed by atoms with Gasteiger partial charge in [-0.15, -0.1) is 0 Å². The maximum Gasteiger partial charge on any atom is 0.0955 e. The molecule has 0 aliphatic carbocycles. The maximum atomic E-state index is 4.18. The van der Waals surface area contributed by atoms with Gasteiger partial charge in [0.1, 0.15) is 0 Å². The van der Waals surface area contributed by atoms with Gasteiger partial charge in [-0.3, -0.25) is 0 Å². The zero-order chi connectivity index (χ0) is 13.1. The van der Waals surface area contributed by atoms with Crippen LogP contribution in [-0.4, -0.2) is 19.5 Å². The average molecular weight is 250 g/mol. The van der Waals surface area contributed by atoms with Crippen LogP contribution < -0.4 is 0 Å². The summed E-state index contributed by atoms with van der Waals surface area (Å²) in [6.07, 6.45) is 3.52. The summed E-state index contributed by atoms with van der Waals surface area (Å²) in [6, 6.07) is 16.0. The molecule has 0 aliphatic rings. The van der Waals surface area contributed by atoms with Crippen molar-refractivity contribution >= 4 is 22.1 Å². The second kappa shape index (κ2) is 4.94. The van der Waals surface area contributed by atoms with E-state index < -0.39 is 0 Å². The van der Waals surface area contributed by atoms with Crippen LogP contribution in [0.4, 0.5) is 0 Å². The molecule has 0 spiro atoms. The summed E-state index contributed by atoms with van der Waals surface area (Å²) >= 11 is 0. The van der Waals surface area contributed by atoms with Gasteiger partial charge in [-0.25, -0.2) is 9.97 Å². The van der Waals surface area contributed by atoms with Crippen molar-refractivity contribution < 1.29 is 0 Å². The highest BCUT2D eigenvalue weighted by atomic mass is 15.0. The number of nitrogens with one attached hydrogen (secondary N) is 1. The summed E-state index contributed by atoms with van der Waals surface area (Å²) in [5, 5.41) is 0. The first-order valence-electron chi connectivity index (χ1n) is 6.09. The van der Waals surface area contributed by atoms with Gasteiger partial charge in [-0.1, -0.05) is 24.3 Å². The predicted molar refractivity (Wildman–Crippen MR) is 76.8 cm³/mol. The maximum absolute atomic E-state index is 4.18. The average Bonchev–Trinajstić information content (AvgIpc) is 3.07. The lowest BCUT2D eigenvalue weighted by molar-refractivity contribution is 0.948. The molecule has 4 heteroatoms. The van der Waals surface area contributed by atoms with Gasteiger partial charge in [-0.05, 0) is 24.3 Å². The normalized spacial score (nSPS) is 10.4. The molecule has 0 radical (unpaired) electrons. The fourth-order valence-corrected chi connectivity index (χ4v) is 1.96. The minimum Gasteiger partial charge on any atom is -0.345 e. The van der Waals surface area contributed by atoms with E-state index in [2.05, 4.69) is 21.0 Å². The fourth-order valence-electron chi connectivity index (χ4n) is 1.96. The molecule has 4 rings (SSSR count). The van der Waals surface area contributed by atoms with Crippen molar-refractivity contribution in [3.63, 3.8) is 0 Å². The molecule has 0 saturated carbocycles. The zero-order valence-corrected chi connectivity index (χ0v) is 10.6. The largest absolute Gasteiger partial charge is 0.345 e. The van der Waals surface area contributed by atoms with E-state index in [1.54, 1.807) is 6.33 Å². The Balaban J connectivity index is 0.000000117. The molecular weight excluding hydrogens is 236 g/mol. The van der Waals surface area contributed by atoms with E-state index in [1.807, 2.05) is 60.4 Å².